The zero-order valence-corrected chi connectivity index (χ0v) is 7.53. The zero-order valence-electron chi connectivity index (χ0n) is 7.53. The quantitative estimate of drug-likeness (QED) is 0.562. The average Bonchev–Trinajstić information content (AvgIpc) is 2.91. The molecular formula is C9H12NO3-. The molecule has 4 heteroatoms. The van der Waals surface area contributed by atoms with Crippen LogP contribution in [0.1, 0.15) is 19.3 Å². The van der Waals surface area contributed by atoms with Crippen molar-refractivity contribution in [1.29, 1.82) is 0 Å². The summed E-state index contributed by atoms with van der Waals surface area (Å²) in [6.07, 6.45) is 2.59. The van der Waals surface area contributed by atoms with E-state index in [1.54, 1.807) is 11.9 Å². The van der Waals surface area contributed by atoms with E-state index >= 15 is 0 Å². The Bertz CT molecular complexity index is 260. The summed E-state index contributed by atoms with van der Waals surface area (Å²) in [5.41, 5.74) is 0. The molecule has 0 aromatic rings. The molecule has 2 rings (SSSR count). The Morgan fingerprint density at radius 2 is 1.92 bits per heavy atom. The van der Waals surface area contributed by atoms with Crippen LogP contribution in [0.4, 0.5) is 0 Å². The van der Waals surface area contributed by atoms with Crippen molar-refractivity contribution in [3.63, 3.8) is 0 Å². The molecule has 0 aromatic carbocycles. The monoisotopic (exact) mass is 182 g/mol. The lowest BCUT2D eigenvalue weighted by atomic mass is 10.3. The molecule has 2 saturated carbocycles. The summed E-state index contributed by atoms with van der Waals surface area (Å²) in [7, 11) is 1.75. The Morgan fingerprint density at radius 3 is 2.31 bits per heavy atom. The van der Waals surface area contributed by atoms with Gasteiger partial charge < -0.3 is 14.8 Å². The second-order valence-electron chi connectivity index (χ2n) is 3.95. The minimum absolute atomic E-state index is 0.0169. The fourth-order valence-electron chi connectivity index (χ4n) is 1.63. The maximum Gasteiger partial charge on any atom is 0.226 e. The molecule has 0 radical (unpaired) electrons. The lowest BCUT2D eigenvalue weighted by molar-refractivity contribution is -0.308. The van der Waals surface area contributed by atoms with Crippen LogP contribution in [0.5, 0.6) is 0 Å². The van der Waals surface area contributed by atoms with Crippen LogP contribution in [0.3, 0.4) is 0 Å². The molecule has 0 heterocycles. The molecule has 2 unspecified atom stereocenters. The highest BCUT2D eigenvalue weighted by Gasteiger charge is 2.47. The van der Waals surface area contributed by atoms with Gasteiger partial charge in [0.2, 0.25) is 5.91 Å². The smallest absolute Gasteiger partial charge is 0.226 e. The van der Waals surface area contributed by atoms with Crippen LogP contribution in [-0.2, 0) is 9.59 Å². The molecule has 0 aliphatic heterocycles. The molecule has 2 atom stereocenters. The summed E-state index contributed by atoms with van der Waals surface area (Å²) in [5, 5.41) is 10.4. The van der Waals surface area contributed by atoms with Gasteiger partial charge in [-0.05, 0) is 19.3 Å². The third kappa shape index (κ3) is 1.53. The number of carboxylic acid groups (broad SMARTS) is 1. The summed E-state index contributed by atoms with van der Waals surface area (Å²) in [5.74, 6) is -1.91. The number of carbonyl (C=O) groups is 2. The minimum Gasteiger partial charge on any atom is -0.550 e. The average molecular weight is 182 g/mol. The Morgan fingerprint density at radius 1 is 1.31 bits per heavy atom. The fraction of sp³-hybridized carbons (Fsp3) is 0.778. The SMILES string of the molecule is CN(C(=O)C1CC1C(=O)[O-])C1CC1. The van der Waals surface area contributed by atoms with E-state index in [0.29, 0.717) is 12.5 Å². The van der Waals surface area contributed by atoms with Gasteiger partial charge in [-0.2, -0.15) is 0 Å². The standard InChI is InChI=1S/C9H13NO3/c1-10(5-2-3-5)8(11)6-4-7(6)9(12)13/h5-7H,2-4H2,1H3,(H,12,13)/p-1. The molecule has 0 aromatic heterocycles. The highest BCUT2D eigenvalue weighted by Crippen LogP contribution is 2.41. The summed E-state index contributed by atoms with van der Waals surface area (Å²) >= 11 is 0. The topological polar surface area (TPSA) is 60.4 Å². The molecule has 2 aliphatic rings. The van der Waals surface area contributed by atoms with E-state index in [9.17, 15) is 14.7 Å². The fourth-order valence-corrected chi connectivity index (χ4v) is 1.63. The van der Waals surface area contributed by atoms with E-state index in [1.807, 2.05) is 0 Å². The molecule has 2 aliphatic carbocycles. The first-order valence-electron chi connectivity index (χ1n) is 4.59. The van der Waals surface area contributed by atoms with Crippen molar-refractivity contribution in [3.8, 4) is 0 Å². The van der Waals surface area contributed by atoms with E-state index in [2.05, 4.69) is 0 Å². The van der Waals surface area contributed by atoms with Crippen molar-refractivity contribution in [3.05, 3.63) is 0 Å². The second-order valence-corrected chi connectivity index (χ2v) is 3.95. The highest BCUT2D eigenvalue weighted by molar-refractivity contribution is 5.89. The van der Waals surface area contributed by atoms with Gasteiger partial charge in [-0.15, -0.1) is 0 Å². The molecule has 0 spiro atoms. The Hall–Kier alpha value is -1.06. The van der Waals surface area contributed by atoms with Gasteiger partial charge in [-0.1, -0.05) is 0 Å². The first-order valence-corrected chi connectivity index (χ1v) is 4.59. The molecule has 2 fully saturated rings. The number of aliphatic carboxylic acids is 1. The number of nitrogens with zero attached hydrogens (tertiary/aromatic N) is 1. The molecule has 4 nitrogen and oxygen atoms in total. The normalized spacial score (nSPS) is 31.2. The van der Waals surface area contributed by atoms with Crippen molar-refractivity contribution in [1.82, 2.24) is 4.90 Å². The van der Waals surface area contributed by atoms with E-state index in [4.69, 9.17) is 0 Å². The molecule has 0 N–H and O–H groups in total. The summed E-state index contributed by atoms with van der Waals surface area (Å²) in [4.78, 5) is 23.6. The first kappa shape index (κ1) is 8.53. The molecule has 1 amide bonds. The van der Waals surface area contributed by atoms with Gasteiger partial charge in [0.15, 0.2) is 0 Å². The van der Waals surface area contributed by atoms with Crippen LogP contribution in [0, 0.1) is 11.8 Å². The van der Waals surface area contributed by atoms with E-state index in [0.717, 1.165) is 12.8 Å². The number of hydrogen-bond donors (Lipinski definition) is 0. The van der Waals surface area contributed by atoms with Crippen LogP contribution in [0.25, 0.3) is 0 Å². The first-order chi connectivity index (χ1) is 6.11. The molecular weight excluding hydrogens is 170 g/mol. The van der Waals surface area contributed by atoms with Gasteiger partial charge in [-0.25, -0.2) is 0 Å². The molecule has 0 bridgehead atoms. The van der Waals surface area contributed by atoms with Gasteiger partial charge in [-0.3, -0.25) is 4.79 Å². The summed E-state index contributed by atoms with van der Waals surface area (Å²) in [6, 6.07) is 0.371. The third-order valence-corrected chi connectivity index (χ3v) is 2.85. The van der Waals surface area contributed by atoms with Gasteiger partial charge >= 0.3 is 0 Å². The van der Waals surface area contributed by atoms with Crippen molar-refractivity contribution < 1.29 is 14.7 Å². The Labute approximate surface area is 76.5 Å². The van der Waals surface area contributed by atoms with E-state index in [1.165, 1.54) is 0 Å². The Kier molecular flexibility index (Phi) is 1.78. The summed E-state index contributed by atoms with van der Waals surface area (Å²) < 4.78 is 0. The van der Waals surface area contributed by atoms with Gasteiger partial charge in [0, 0.05) is 30.9 Å². The van der Waals surface area contributed by atoms with Crippen molar-refractivity contribution >= 4 is 11.9 Å². The Balaban J connectivity index is 1.88. The summed E-state index contributed by atoms with van der Waals surface area (Å²) in [6.45, 7) is 0. The largest absolute Gasteiger partial charge is 0.550 e. The van der Waals surface area contributed by atoms with Crippen LogP contribution < -0.4 is 5.11 Å². The number of hydrogen-bond acceptors (Lipinski definition) is 3. The van der Waals surface area contributed by atoms with Crippen LogP contribution in [0.2, 0.25) is 0 Å². The van der Waals surface area contributed by atoms with E-state index in [-0.39, 0.29) is 11.8 Å². The van der Waals surface area contributed by atoms with Crippen molar-refractivity contribution in [2.24, 2.45) is 11.8 Å². The molecule has 72 valence electrons. The molecule has 0 saturated heterocycles. The number of rotatable bonds is 3. The van der Waals surface area contributed by atoms with Crippen molar-refractivity contribution in [2.75, 3.05) is 7.05 Å². The van der Waals surface area contributed by atoms with E-state index < -0.39 is 11.9 Å². The zero-order chi connectivity index (χ0) is 9.59. The highest BCUT2D eigenvalue weighted by atomic mass is 16.4. The number of carbonyl (C=O) groups excluding carboxylic acids is 2. The lowest BCUT2D eigenvalue weighted by Gasteiger charge is -2.16. The maximum atomic E-state index is 11.5. The van der Waals surface area contributed by atoms with Crippen LogP contribution in [-0.4, -0.2) is 29.9 Å². The predicted molar refractivity (Wildman–Crippen MR) is 42.4 cm³/mol. The number of amides is 1. The van der Waals surface area contributed by atoms with Gasteiger partial charge in [0.25, 0.3) is 0 Å². The minimum atomic E-state index is -1.08. The van der Waals surface area contributed by atoms with Gasteiger partial charge in [0.1, 0.15) is 0 Å². The maximum absolute atomic E-state index is 11.5. The van der Waals surface area contributed by atoms with Crippen molar-refractivity contribution in [2.45, 2.75) is 25.3 Å². The van der Waals surface area contributed by atoms with Crippen LogP contribution >= 0.6 is 0 Å². The van der Waals surface area contributed by atoms with Gasteiger partial charge in [0.05, 0.1) is 0 Å². The number of carboxylic acids is 1. The third-order valence-electron chi connectivity index (χ3n) is 2.85. The lowest BCUT2D eigenvalue weighted by Crippen LogP contribution is -2.33. The van der Waals surface area contributed by atoms with Crippen LogP contribution in [0.15, 0.2) is 0 Å². The second kappa shape index (κ2) is 2.72. The molecule has 13 heavy (non-hydrogen) atoms. The predicted octanol–water partition coefficient (Wildman–Crippen LogP) is -1.01.